The zero-order valence-electron chi connectivity index (χ0n) is 12.6. The summed E-state index contributed by atoms with van der Waals surface area (Å²) in [4.78, 5) is 34.5. The molecule has 0 spiro atoms. The van der Waals surface area contributed by atoms with Crippen LogP contribution in [0.5, 0.6) is 0 Å². The summed E-state index contributed by atoms with van der Waals surface area (Å²) in [5.74, 6) is -1.05. The van der Waals surface area contributed by atoms with E-state index < -0.39 is 28.2 Å². The first-order valence-electron chi connectivity index (χ1n) is 7.34. The van der Waals surface area contributed by atoms with Crippen molar-refractivity contribution in [3.8, 4) is 0 Å². The fourth-order valence-electron chi connectivity index (χ4n) is 2.62. The highest BCUT2D eigenvalue weighted by molar-refractivity contribution is 5.32. The third-order valence-electron chi connectivity index (χ3n) is 3.86. The summed E-state index contributed by atoms with van der Waals surface area (Å²) in [7, 11) is 0. The summed E-state index contributed by atoms with van der Waals surface area (Å²) in [6, 6.07) is 5.37. The van der Waals surface area contributed by atoms with Gasteiger partial charge in [-0.25, -0.2) is 4.79 Å². The lowest BCUT2D eigenvalue weighted by molar-refractivity contribution is -0.384. The minimum atomic E-state index is -1.05. The van der Waals surface area contributed by atoms with Gasteiger partial charge in [-0.15, -0.1) is 0 Å². The highest BCUT2D eigenvalue weighted by Crippen LogP contribution is 2.20. The number of nitrogens with zero attached hydrogens (tertiary/aromatic N) is 3. The van der Waals surface area contributed by atoms with Gasteiger partial charge in [0.2, 0.25) is 5.82 Å². The largest absolute Gasteiger partial charge is 0.358 e. The van der Waals surface area contributed by atoms with E-state index in [0.29, 0.717) is 18.6 Å². The average molecular weight is 335 g/mol. The average Bonchev–Trinajstić information content (AvgIpc) is 3.09. The first-order valence-corrected chi connectivity index (χ1v) is 7.34. The number of rotatable bonds is 4. The van der Waals surface area contributed by atoms with Gasteiger partial charge in [-0.3, -0.25) is 24.0 Å². The Balaban J connectivity index is 1.99. The standard InChI is InChI=1S/C15H14FN3O5/c16-12-9-17(13-2-1-7-24-13)15(21)18(14(12)20)8-10-3-5-11(6-4-10)19(22)23/h3-6,9,13H,1-2,7-8H2/t13-/m1/s1. The minimum absolute atomic E-state index is 0.109. The van der Waals surface area contributed by atoms with Gasteiger partial charge in [0.1, 0.15) is 6.23 Å². The van der Waals surface area contributed by atoms with Gasteiger partial charge in [0.15, 0.2) is 0 Å². The maximum atomic E-state index is 13.9. The van der Waals surface area contributed by atoms with E-state index in [1.54, 1.807) is 0 Å². The Morgan fingerprint density at radius 2 is 2.00 bits per heavy atom. The molecule has 1 aliphatic rings. The van der Waals surface area contributed by atoms with Crippen LogP contribution in [0.15, 0.2) is 40.1 Å². The smallest absolute Gasteiger partial charge is 0.333 e. The van der Waals surface area contributed by atoms with Crippen LogP contribution in [0.4, 0.5) is 10.1 Å². The molecule has 126 valence electrons. The summed E-state index contributed by atoms with van der Waals surface area (Å²) in [5.41, 5.74) is -1.34. The van der Waals surface area contributed by atoms with Gasteiger partial charge in [-0.05, 0) is 18.4 Å². The first-order chi connectivity index (χ1) is 11.5. The quantitative estimate of drug-likeness (QED) is 0.622. The Hall–Kier alpha value is -2.81. The van der Waals surface area contributed by atoms with E-state index in [9.17, 15) is 24.1 Å². The van der Waals surface area contributed by atoms with E-state index in [1.807, 2.05) is 0 Å². The molecule has 1 aliphatic heterocycles. The molecule has 0 unspecified atom stereocenters. The SMILES string of the molecule is O=c1c(F)cn([C@H]2CCCO2)c(=O)n1Cc1ccc([N+](=O)[O-])cc1. The number of halogens is 1. The van der Waals surface area contributed by atoms with Crippen LogP contribution in [0, 0.1) is 15.9 Å². The van der Waals surface area contributed by atoms with E-state index in [-0.39, 0.29) is 12.2 Å². The van der Waals surface area contributed by atoms with Crippen molar-refractivity contribution in [2.24, 2.45) is 0 Å². The van der Waals surface area contributed by atoms with Crippen molar-refractivity contribution in [1.82, 2.24) is 9.13 Å². The molecular weight excluding hydrogens is 321 g/mol. The van der Waals surface area contributed by atoms with Gasteiger partial charge in [0.25, 0.3) is 11.2 Å². The Morgan fingerprint density at radius 1 is 1.29 bits per heavy atom. The number of ether oxygens (including phenoxy) is 1. The highest BCUT2D eigenvalue weighted by atomic mass is 19.1. The van der Waals surface area contributed by atoms with Crippen LogP contribution < -0.4 is 11.2 Å². The molecule has 1 saturated heterocycles. The topological polar surface area (TPSA) is 96.4 Å². The van der Waals surface area contributed by atoms with Crippen LogP contribution in [-0.4, -0.2) is 20.7 Å². The van der Waals surface area contributed by atoms with Crippen LogP contribution >= 0.6 is 0 Å². The second-order valence-electron chi connectivity index (χ2n) is 5.45. The molecule has 24 heavy (non-hydrogen) atoms. The summed E-state index contributed by atoms with van der Waals surface area (Å²) in [6.07, 6.45) is 1.60. The van der Waals surface area contributed by atoms with Crippen molar-refractivity contribution in [2.45, 2.75) is 25.6 Å². The lowest BCUT2D eigenvalue weighted by atomic mass is 10.2. The number of nitro groups is 1. The third-order valence-corrected chi connectivity index (χ3v) is 3.86. The van der Waals surface area contributed by atoms with Crippen LogP contribution in [-0.2, 0) is 11.3 Å². The van der Waals surface area contributed by atoms with Crippen molar-refractivity contribution < 1.29 is 14.1 Å². The Kier molecular flexibility index (Phi) is 4.26. The predicted octanol–water partition coefficient (Wildman–Crippen LogP) is 1.41. The lowest BCUT2D eigenvalue weighted by Crippen LogP contribution is -2.42. The molecule has 0 aliphatic carbocycles. The maximum absolute atomic E-state index is 13.9. The summed E-state index contributed by atoms with van der Waals surface area (Å²) < 4.78 is 21.1. The molecule has 3 rings (SSSR count). The van der Waals surface area contributed by atoms with Gasteiger partial charge in [-0.2, -0.15) is 4.39 Å². The van der Waals surface area contributed by atoms with Crippen molar-refractivity contribution in [2.75, 3.05) is 6.61 Å². The molecule has 1 atom stereocenters. The van der Waals surface area contributed by atoms with Crippen molar-refractivity contribution in [3.63, 3.8) is 0 Å². The molecule has 9 heteroatoms. The van der Waals surface area contributed by atoms with Crippen LogP contribution in [0.1, 0.15) is 24.6 Å². The Morgan fingerprint density at radius 3 is 2.58 bits per heavy atom. The lowest BCUT2D eigenvalue weighted by Gasteiger charge is -2.15. The van der Waals surface area contributed by atoms with Crippen LogP contribution in [0.25, 0.3) is 0 Å². The van der Waals surface area contributed by atoms with E-state index >= 15 is 0 Å². The van der Waals surface area contributed by atoms with Gasteiger partial charge in [0, 0.05) is 18.7 Å². The van der Waals surface area contributed by atoms with E-state index in [1.165, 1.54) is 24.3 Å². The molecule has 8 nitrogen and oxygen atoms in total. The fraction of sp³-hybridized carbons (Fsp3) is 0.333. The maximum Gasteiger partial charge on any atom is 0.333 e. The predicted molar refractivity (Wildman–Crippen MR) is 81.3 cm³/mol. The molecule has 2 heterocycles. The fourth-order valence-corrected chi connectivity index (χ4v) is 2.62. The van der Waals surface area contributed by atoms with Gasteiger partial charge in [-0.1, -0.05) is 12.1 Å². The number of benzene rings is 1. The normalized spacial score (nSPS) is 17.1. The van der Waals surface area contributed by atoms with Crippen LogP contribution in [0.2, 0.25) is 0 Å². The van der Waals surface area contributed by atoms with Gasteiger partial charge >= 0.3 is 5.69 Å². The molecule has 1 fully saturated rings. The molecule has 0 bridgehead atoms. The molecule has 0 amide bonds. The number of aromatic nitrogens is 2. The minimum Gasteiger partial charge on any atom is -0.358 e. The monoisotopic (exact) mass is 335 g/mol. The molecule has 0 radical (unpaired) electrons. The first kappa shape index (κ1) is 16.1. The summed E-state index contributed by atoms with van der Waals surface area (Å²) >= 11 is 0. The number of non-ortho nitro benzene ring substituents is 1. The second-order valence-corrected chi connectivity index (χ2v) is 5.45. The number of nitro benzene ring substituents is 1. The highest BCUT2D eigenvalue weighted by Gasteiger charge is 2.22. The number of hydrogen-bond acceptors (Lipinski definition) is 5. The van der Waals surface area contributed by atoms with E-state index in [0.717, 1.165) is 21.8 Å². The molecule has 1 aromatic heterocycles. The molecule has 2 aromatic rings. The molecule has 1 aromatic carbocycles. The summed E-state index contributed by atoms with van der Waals surface area (Å²) in [5, 5.41) is 10.6. The number of hydrogen-bond donors (Lipinski definition) is 0. The van der Waals surface area contributed by atoms with Crippen molar-refractivity contribution in [3.05, 3.63) is 72.8 Å². The van der Waals surface area contributed by atoms with Crippen molar-refractivity contribution >= 4 is 5.69 Å². The molecule has 0 N–H and O–H groups in total. The summed E-state index contributed by atoms with van der Waals surface area (Å²) in [6.45, 7) is 0.292. The van der Waals surface area contributed by atoms with E-state index in [2.05, 4.69) is 0 Å². The van der Waals surface area contributed by atoms with Crippen LogP contribution in [0.3, 0.4) is 0 Å². The second kappa shape index (κ2) is 6.36. The van der Waals surface area contributed by atoms with Crippen molar-refractivity contribution in [1.29, 1.82) is 0 Å². The molecular formula is C15H14FN3O5. The zero-order chi connectivity index (χ0) is 17.3. The Labute approximate surface area is 134 Å². The van der Waals surface area contributed by atoms with Gasteiger partial charge in [0.05, 0.1) is 17.7 Å². The Bertz CT molecular complexity index is 881. The van der Waals surface area contributed by atoms with Gasteiger partial charge < -0.3 is 4.74 Å². The zero-order valence-corrected chi connectivity index (χ0v) is 12.6. The molecule has 0 saturated carbocycles. The van der Waals surface area contributed by atoms with E-state index in [4.69, 9.17) is 4.74 Å². The third kappa shape index (κ3) is 2.98.